The van der Waals surface area contributed by atoms with E-state index in [0.717, 1.165) is 11.4 Å². The fraction of sp³-hybridized carbons (Fsp3) is 0.118. The van der Waals surface area contributed by atoms with Crippen LogP contribution in [0, 0.1) is 4.77 Å². The highest BCUT2D eigenvalue weighted by atomic mass is 32.1. The smallest absolute Gasteiger partial charge is 0.270 e. The third-order valence-corrected chi connectivity index (χ3v) is 3.80. The number of nitrogens with zero attached hydrogens (tertiary/aromatic N) is 2. The number of para-hydroxylation sites is 1. The Morgan fingerprint density at radius 2 is 1.96 bits per heavy atom. The van der Waals surface area contributed by atoms with Gasteiger partial charge in [-0.1, -0.05) is 24.3 Å². The summed E-state index contributed by atoms with van der Waals surface area (Å²) in [4.78, 5) is 19.8. The molecule has 2 heterocycles. The lowest BCUT2D eigenvalue weighted by Crippen LogP contribution is -2.28. The van der Waals surface area contributed by atoms with Gasteiger partial charge >= 0.3 is 0 Å². The van der Waals surface area contributed by atoms with Gasteiger partial charge in [-0.05, 0) is 43.4 Å². The fourth-order valence-corrected chi connectivity index (χ4v) is 2.61. The first-order chi connectivity index (χ1) is 11.2. The Balaban J connectivity index is 1.88. The Morgan fingerprint density at radius 3 is 2.65 bits per heavy atom. The molecule has 3 rings (SSSR count). The Labute approximate surface area is 139 Å². The van der Waals surface area contributed by atoms with Crippen LogP contribution in [0.15, 0.2) is 60.9 Å². The van der Waals surface area contributed by atoms with Crippen LogP contribution >= 0.6 is 12.2 Å². The Morgan fingerprint density at radius 1 is 1.22 bits per heavy atom. The molecule has 0 spiro atoms. The van der Waals surface area contributed by atoms with Gasteiger partial charge in [-0.3, -0.25) is 14.3 Å². The number of carbonyl (C=O) groups is 1. The number of amides is 1. The van der Waals surface area contributed by atoms with Crippen LogP contribution in [0.2, 0.25) is 0 Å². The topological polar surface area (TPSA) is 62.7 Å². The third-order valence-electron chi connectivity index (χ3n) is 3.50. The molecule has 2 aromatic heterocycles. The van der Waals surface area contributed by atoms with E-state index < -0.39 is 0 Å². The van der Waals surface area contributed by atoms with Crippen LogP contribution in [0.1, 0.15) is 29.1 Å². The van der Waals surface area contributed by atoms with E-state index in [0.29, 0.717) is 10.5 Å². The van der Waals surface area contributed by atoms with Crippen molar-refractivity contribution in [2.75, 3.05) is 0 Å². The predicted octanol–water partition coefficient (Wildman–Crippen LogP) is 3.42. The quantitative estimate of drug-likeness (QED) is 0.723. The van der Waals surface area contributed by atoms with Crippen LogP contribution in [-0.2, 0) is 0 Å². The molecule has 6 heteroatoms. The van der Waals surface area contributed by atoms with E-state index in [9.17, 15) is 4.79 Å². The van der Waals surface area contributed by atoms with Crippen molar-refractivity contribution < 1.29 is 4.79 Å². The number of imidazole rings is 1. The summed E-state index contributed by atoms with van der Waals surface area (Å²) >= 11 is 5.30. The van der Waals surface area contributed by atoms with Gasteiger partial charge in [0.15, 0.2) is 4.77 Å². The molecule has 5 nitrogen and oxygen atoms in total. The number of hydrogen-bond donors (Lipinski definition) is 2. The third kappa shape index (κ3) is 3.22. The number of nitrogens with one attached hydrogen (secondary N) is 2. The summed E-state index contributed by atoms with van der Waals surface area (Å²) < 4.78 is 2.20. The molecule has 0 aliphatic rings. The van der Waals surface area contributed by atoms with Crippen molar-refractivity contribution >= 4 is 18.1 Å². The summed E-state index contributed by atoms with van der Waals surface area (Å²) in [7, 11) is 0. The van der Waals surface area contributed by atoms with Gasteiger partial charge in [0.05, 0.1) is 11.7 Å². The first-order valence-corrected chi connectivity index (χ1v) is 7.65. The number of H-pyrrole nitrogens is 1. The molecule has 0 aliphatic carbocycles. The van der Waals surface area contributed by atoms with E-state index in [2.05, 4.69) is 15.3 Å². The minimum Gasteiger partial charge on any atom is -0.343 e. The first-order valence-electron chi connectivity index (χ1n) is 7.24. The van der Waals surface area contributed by atoms with E-state index in [1.807, 2.05) is 55.5 Å². The maximum absolute atomic E-state index is 12.6. The van der Waals surface area contributed by atoms with Crippen LogP contribution in [0.5, 0.6) is 0 Å². The lowest BCUT2D eigenvalue weighted by atomic mass is 10.2. The standard InChI is InChI=1S/C17H16N4OS/c1-12(14-9-5-6-10-18-14)20-16(22)15-11-19-17(23)21(15)13-7-3-2-4-8-13/h2-12H,1H3,(H,19,23)(H,20,22). The molecule has 1 unspecified atom stereocenters. The van der Waals surface area contributed by atoms with Gasteiger partial charge in [0.1, 0.15) is 5.69 Å². The zero-order chi connectivity index (χ0) is 16.2. The van der Waals surface area contributed by atoms with Crippen molar-refractivity contribution in [1.29, 1.82) is 0 Å². The number of carbonyl (C=O) groups excluding carboxylic acids is 1. The van der Waals surface area contributed by atoms with Gasteiger partial charge < -0.3 is 10.3 Å². The molecule has 3 aromatic rings. The molecule has 1 amide bonds. The van der Waals surface area contributed by atoms with Crippen LogP contribution < -0.4 is 5.32 Å². The van der Waals surface area contributed by atoms with Crippen LogP contribution in [-0.4, -0.2) is 20.4 Å². The summed E-state index contributed by atoms with van der Waals surface area (Å²) in [5.74, 6) is -0.209. The summed E-state index contributed by atoms with van der Waals surface area (Å²) in [6.45, 7) is 1.90. The molecule has 0 bridgehead atoms. The fourth-order valence-electron chi connectivity index (χ4n) is 2.35. The second kappa shape index (κ2) is 6.58. The maximum atomic E-state index is 12.6. The van der Waals surface area contributed by atoms with Crippen molar-refractivity contribution in [1.82, 2.24) is 19.9 Å². The number of rotatable bonds is 4. The van der Waals surface area contributed by atoms with Gasteiger partial charge in [-0.25, -0.2) is 0 Å². The molecular formula is C17H16N4OS. The van der Waals surface area contributed by atoms with Gasteiger partial charge in [0.25, 0.3) is 5.91 Å². The van der Waals surface area contributed by atoms with E-state index in [-0.39, 0.29) is 11.9 Å². The normalized spacial score (nSPS) is 11.9. The summed E-state index contributed by atoms with van der Waals surface area (Å²) in [5, 5.41) is 2.95. The number of pyridine rings is 1. The van der Waals surface area contributed by atoms with E-state index in [1.54, 1.807) is 17.0 Å². The lowest BCUT2D eigenvalue weighted by molar-refractivity contribution is 0.0932. The predicted molar refractivity (Wildman–Crippen MR) is 91.1 cm³/mol. The van der Waals surface area contributed by atoms with Gasteiger partial charge in [-0.2, -0.15) is 0 Å². The molecule has 1 aromatic carbocycles. The van der Waals surface area contributed by atoms with Gasteiger partial charge in [0, 0.05) is 18.1 Å². The van der Waals surface area contributed by atoms with Gasteiger partial charge in [-0.15, -0.1) is 0 Å². The molecule has 1 atom stereocenters. The number of hydrogen-bond acceptors (Lipinski definition) is 3. The molecule has 0 saturated heterocycles. The summed E-state index contributed by atoms with van der Waals surface area (Å²) in [6, 6.07) is 15.0. The maximum Gasteiger partial charge on any atom is 0.270 e. The van der Waals surface area contributed by atoms with Crippen molar-refractivity contribution in [2.24, 2.45) is 0 Å². The molecule has 23 heavy (non-hydrogen) atoms. The molecule has 0 saturated carbocycles. The van der Waals surface area contributed by atoms with E-state index in [4.69, 9.17) is 12.2 Å². The Hall–Kier alpha value is -2.73. The van der Waals surface area contributed by atoms with Crippen molar-refractivity contribution in [3.63, 3.8) is 0 Å². The second-order valence-corrected chi connectivity index (χ2v) is 5.49. The van der Waals surface area contributed by atoms with Crippen LogP contribution in [0.3, 0.4) is 0 Å². The lowest BCUT2D eigenvalue weighted by Gasteiger charge is -2.14. The minimum atomic E-state index is -0.209. The minimum absolute atomic E-state index is 0.198. The molecular weight excluding hydrogens is 308 g/mol. The highest BCUT2D eigenvalue weighted by Crippen LogP contribution is 2.14. The largest absolute Gasteiger partial charge is 0.343 e. The monoisotopic (exact) mass is 324 g/mol. The number of aromatic amines is 1. The number of aromatic nitrogens is 3. The highest BCUT2D eigenvalue weighted by Gasteiger charge is 2.17. The summed E-state index contributed by atoms with van der Waals surface area (Å²) in [6.07, 6.45) is 3.33. The van der Waals surface area contributed by atoms with E-state index >= 15 is 0 Å². The molecule has 0 aliphatic heterocycles. The highest BCUT2D eigenvalue weighted by molar-refractivity contribution is 7.71. The average Bonchev–Trinajstić information content (AvgIpc) is 2.98. The SMILES string of the molecule is CC(NC(=O)c1c[nH]c(=S)n1-c1ccccc1)c1ccccn1. The molecule has 2 N–H and O–H groups in total. The van der Waals surface area contributed by atoms with Gasteiger partial charge in [0.2, 0.25) is 0 Å². The zero-order valence-electron chi connectivity index (χ0n) is 12.6. The van der Waals surface area contributed by atoms with Crippen molar-refractivity contribution in [2.45, 2.75) is 13.0 Å². The summed E-state index contributed by atoms with van der Waals surface area (Å²) in [5.41, 5.74) is 2.11. The number of benzene rings is 1. The first kappa shape index (κ1) is 15.2. The second-order valence-electron chi connectivity index (χ2n) is 5.10. The van der Waals surface area contributed by atoms with Crippen molar-refractivity contribution in [3.8, 4) is 5.69 Å². The average molecular weight is 324 g/mol. The Kier molecular flexibility index (Phi) is 4.34. The van der Waals surface area contributed by atoms with E-state index in [1.165, 1.54) is 0 Å². The molecule has 0 fully saturated rings. The van der Waals surface area contributed by atoms with Crippen LogP contribution in [0.25, 0.3) is 5.69 Å². The zero-order valence-corrected chi connectivity index (χ0v) is 13.4. The molecule has 116 valence electrons. The van der Waals surface area contributed by atoms with Crippen LogP contribution in [0.4, 0.5) is 0 Å². The Bertz CT molecular complexity index is 855. The van der Waals surface area contributed by atoms with Crippen molar-refractivity contribution in [3.05, 3.63) is 77.1 Å². The molecule has 0 radical (unpaired) electrons.